The number of amides is 1. The molecule has 22 heavy (non-hydrogen) atoms. The molecule has 0 radical (unpaired) electrons. The number of nitrogens with one attached hydrogen (secondary N) is 1. The van der Waals surface area contributed by atoms with E-state index in [9.17, 15) is 13.2 Å². The quantitative estimate of drug-likeness (QED) is 0.730. The monoisotopic (exact) mass is 349 g/mol. The normalized spacial score (nSPS) is 21.2. The van der Waals surface area contributed by atoms with E-state index >= 15 is 0 Å². The molecule has 1 aromatic rings. The Morgan fingerprint density at radius 2 is 2.09 bits per heavy atom. The van der Waals surface area contributed by atoms with E-state index < -0.39 is 16.1 Å². The van der Waals surface area contributed by atoms with Crippen LogP contribution in [0.15, 0.2) is 23.1 Å². The van der Waals surface area contributed by atoms with Gasteiger partial charge in [0.25, 0.3) is 5.91 Å². The summed E-state index contributed by atoms with van der Waals surface area (Å²) in [6.07, 6.45) is 0.684. The van der Waals surface area contributed by atoms with Crippen molar-refractivity contribution < 1.29 is 17.9 Å². The van der Waals surface area contributed by atoms with Crippen molar-refractivity contribution in [3.63, 3.8) is 0 Å². The average molecular weight is 350 g/mol. The van der Waals surface area contributed by atoms with Crippen molar-refractivity contribution >= 4 is 34.0 Å². The fraction of sp³-hybridized carbons (Fsp3) is 0.462. The van der Waals surface area contributed by atoms with Crippen LogP contribution in [0.5, 0.6) is 0 Å². The molecule has 0 spiro atoms. The maximum atomic E-state index is 12.1. The number of anilines is 1. The van der Waals surface area contributed by atoms with Gasteiger partial charge in [-0.05, 0) is 37.5 Å². The van der Waals surface area contributed by atoms with Crippen molar-refractivity contribution in [3.05, 3.63) is 23.8 Å². The summed E-state index contributed by atoms with van der Waals surface area (Å²) in [4.78, 5) is 12.1. The molecule has 9 heteroatoms. The van der Waals surface area contributed by atoms with E-state index in [2.05, 4.69) is 5.32 Å². The molecule has 1 aliphatic rings. The Labute approximate surface area is 135 Å². The van der Waals surface area contributed by atoms with Crippen LogP contribution in [-0.2, 0) is 19.6 Å². The van der Waals surface area contributed by atoms with Gasteiger partial charge in [-0.15, -0.1) is 12.4 Å². The minimum atomic E-state index is -3.82. The Balaban J connectivity index is 0.00000242. The van der Waals surface area contributed by atoms with Crippen LogP contribution in [0.25, 0.3) is 0 Å². The summed E-state index contributed by atoms with van der Waals surface area (Å²) in [5.41, 5.74) is 6.39. The molecule has 1 aliphatic heterocycles. The molecule has 0 aromatic heterocycles. The number of ether oxygens (including phenoxy) is 1. The van der Waals surface area contributed by atoms with Crippen LogP contribution in [0.4, 0.5) is 5.69 Å². The second-order valence-electron chi connectivity index (χ2n) is 5.07. The van der Waals surface area contributed by atoms with Gasteiger partial charge in [-0.1, -0.05) is 6.07 Å². The van der Waals surface area contributed by atoms with Crippen LogP contribution in [0.3, 0.4) is 0 Å². The number of aryl methyl sites for hydroxylation is 1. The molecule has 1 saturated heterocycles. The summed E-state index contributed by atoms with van der Waals surface area (Å²) in [5, 5.41) is 7.78. The molecule has 0 saturated carbocycles. The van der Waals surface area contributed by atoms with Crippen molar-refractivity contribution in [2.75, 3.05) is 11.9 Å². The molecule has 1 aromatic carbocycles. The largest absolute Gasteiger partial charge is 0.364 e. The third-order valence-electron chi connectivity index (χ3n) is 3.43. The summed E-state index contributed by atoms with van der Waals surface area (Å²) in [7, 11) is -3.82. The van der Waals surface area contributed by atoms with E-state index in [1.54, 1.807) is 19.1 Å². The zero-order valence-corrected chi connectivity index (χ0v) is 13.7. The minimum absolute atomic E-state index is 0. The number of benzene rings is 1. The lowest BCUT2D eigenvalue weighted by molar-refractivity contribution is -0.126. The number of rotatable bonds is 4. The van der Waals surface area contributed by atoms with Crippen molar-refractivity contribution in [3.8, 4) is 0 Å². The highest BCUT2D eigenvalue weighted by Gasteiger charge is 2.30. The lowest BCUT2D eigenvalue weighted by Gasteiger charge is -2.13. The maximum Gasteiger partial charge on any atom is 0.253 e. The number of nitrogens with two attached hydrogens (primary N) is 2. The van der Waals surface area contributed by atoms with Gasteiger partial charge in [-0.3, -0.25) is 4.79 Å². The second kappa shape index (κ2) is 7.38. The summed E-state index contributed by atoms with van der Waals surface area (Å²) >= 11 is 0. The molecule has 5 N–H and O–H groups in total. The minimum Gasteiger partial charge on any atom is -0.364 e. The van der Waals surface area contributed by atoms with E-state index in [-0.39, 0.29) is 29.3 Å². The van der Waals surface area contributed by atoms with E-state index in [4.69, 9.17) is 15.6 Å². The first-order chi connectivity index (χ1) is 9.81. The third-order valence-corrected chi connectivity index (χ3v) is 4.48. The Morgan fingerprint density at radius 1 is 1.41 bits per heavy atom. The predicted molar refractivity (Wildman–Crippen MR) is 85.4 cm³/mol. The number of primary sulfonamides is 1. The first-order valence-electron chi connectivity index (χ1n) is 6.61. The molecule has 0 bridgehead atoms. The lowest BCUT2D eigenvalue weighted by Crippen LogP contribution is -2.29. The van der Waals surface area contributed by atoms with Gasteiger partial charge in [0.1, 0.15) is 6.10 Å². The van der Waals surface area contributed by atoms with Crippen molar-refractivity contribution in [1.29, 1.82) is 0 Å². The van der Waals surface area contributed by atoms with Gasteiger partial charge in [0.05, 0.1) is 11.0 Å². The highest BCUT2D eigenvalue weighted by atomic mass is 35.5. The molecule has 2 atom stereocenters. The number of sulfonamides is 1. The number of hydrogen-bond acceptors (Lipinski definition) is 5. The van der Waals surface area contributed by atoms with Gasteiger partial charge in [0.2, 0.25) is 10.0 Å². The van der Waals surface area contributed by atoms with Crippen molar-refractivity contribution in [1.82, 2.24) is 0 Å². The van der Waals surface area contributed by atoms with Gasteiger partial charge < -0.3 is 15.8 Å². The fourth-order valence-electron chi connectivity index (χ4n) is 2.28. The Bertz CT molecular complexity index is 651. The molecule has 2 rings (SSSR count). The topological polar surface area (TPSA) is 125 Å². The van der Waals surface area contributed by atoms with E-state index in [1.165, 1.54) is 6.07 Å². The van der Waals surface area contributed by atoms with Gasteiger partial charge in [0, 0.05) is 12.2 Å². The van der Waals surface area contributed by atoms with E-state index in [0.717, 1.165) is 6.42 Å². The van der Waals surface area contributed by atoms with Crippen LogP contribution >= 0.6 is 12.4 Å². The van der Waals surface area contributed by atoms with Gasteiger partial charge >= 0.3 is 0 Å². The Morgan fingerprint density at radius 3 is 2.64 bits per heavy atom. The molecular formula is C13H20ClN3O4S. The second-order valence-corrected chi connectivity index (χ2v) is 6.60. The smallest absolute Gasteiger partial charge is 0.253 e. The zero-order chi connectivity index (χ0) is 15.6. The average Bonchev–Trinajstić information content (AvgIpc) is 2.88. The Kier molecular flexibility index (Phi) is 6.33. The summed E-state index contributed by atoms with van der Waals surface area (Å²) in [6.45, 7) is 2.02. The fourth-order valence-corrected chi connectivity index (χ4v) is 3.09. The number of hydrogen-bond donors (Lipinski definition) is 3. The van der Waals surface area contributed by atoms with Crippen LogP contribution in [-0.4, -0.2) is 33.1 Å². The predicted octanol–water partition coefficient (Wildman–Crippen LogP) is 0.509. The maximum absolute atomic E-state index is 12.1. The first-order valence-corrected chi connectivity index (χ1v) is 8.15. The first kappa shape index (κ1) is 18.9. The highest BCUT2D eigenvalue weighted by Crippen LogP contribution is 2.22. The van der Waals surface area contributed by atoms with Crippen molar-refractivity contribution in [2.24, 2.45) is 10.9 Å². The van der Waals surface area contributed by atoms with Gasteiger partial charge in [-0.2, -0.15) is 0 Å². The van der Waals surface area contributed by atoms with Crippen LogP contribution < -0.4 is 16.2 Å². The van der Waals surface area contributed by atoms with E-state index in [1.807, 2.05) is 0 Å². The lowest BCUT2D eigenvalue weighted by atomic mass is 10.2. The molecule has 1 amide bonds. The zero-order valence-electron chi connectivity index (χ0n) is 12.1. The highest BCUT2D eigenvalue weighted by molar-refractivity contribution is 7.89. The molecule has 0 unspecified atom stereocenters. The molecule has 0 aliphatic carbocycles. The molecule has 7 nitrogen and oxygen atoms in total. The number of halogens is 1. The van der Waals surface area contributed by atoms with Gasteiger partial charge in [-0.25, -0.2) is 13.6 Å². The Hall–Kier alpha value is -1.19. The van der Waals surface area contributed by atoms with Crippen LogP contribution in [0.2, 0.25) is 0 Å². The summed E-state index contributed by atoms with van der Waals surface area (Å²) < 4.78 is 28.4. The van der Waals surface area contributed by atoms with Crippen LogP contribution in [0, 0.1) is 6.92 Å². The molecule has 124 valence electrons. The SMILES string of the molecule is Cc1ccc(NC(=O)[C@@H]2CC[C@H](CN)O2)cc1S(N)(=O)=O.Cl. The standard InChI is InChI=1S/C13H19N3O4S.ClH/c1-8-2-3-9(6-12(8)21(15,18)19)16-13(17)11-5-4-10(7-14)20-11;/h2-3,6,10-11H,4-5,7,14H2,1H3,(H,16,17)(H2,15,18,19);1H/t10-,11+;/m1./s1. The van der Waals surface area contributed by atoms with Crippen LogP contribution in [0.1, 0.15) is 18.4 Å². The van der Waals surface area contributed by atoms with E-state index in [0.29, 0.717) is 24.2 Å². The summed E-state index contributed by atoms with van der Waals surface area (Å²) in [6, 6.07) is 4.56. The summed E-state index contributed by atoms with van der Waals surface area (Å²) in [5.74, 6) is -0.310. The number of carbonyl (C=O) groups is 1. The number of carbonyl (C=O) groups excluding carboxylic acids is 1. The van der Waals surface area contributed by atoms with Crippen molar-refractivity contribution in [2.45, 2.75) is 36.9 Å². The molecule has 1 heterocycles. The molecular weight excluding hydrogens is 330 g/mol. The third kappa shape index (κ3) is 4.40. The van der Waals surface area contributed by atoms with Gasteiger partial charge in [0.15, 0.2) is 0 Å². The molecule has 1 fully saturated rings.